The normalized spacial score (nSPS) is 57.7. The second kappa shape index (κ2) is 4.87. The highest BCUT2D eigenvalue weighted by atomic mass is 16.4. The van der Waals surface area contributed by atoms with Crippen LogP contribution in [0.5, 0.6) is 0 Å². The van der Waals surface area contributed by atoms with E-state index in [1.54, 1.807) is 6.92 Å². The summed E-state index contributed by atoms with van der Waals surface area (Å²) in [4.78, 5) is 12.1. The van der Waals surface area contributed by atoms with E-state index in [4.69, 9.17) is 0 Å². The van der Waals surface area contributed by atoms with Gasteiger partial charge >= 0.3 is 5.97 Å². The molecule has 4 aliphatic carbocycles. The number of hydrogen-bond acceptors (Lipinski definition) is 4. The van der Waals surface area contributed by atoms with E-state index >= 15 is 0 Å². The van der Waals surface area contributed by atoms with E-state index in [9.17, 15) is 25.2 Å². The second-order valence-electron chi connectivity index (χ2n) is 9.86. The van der Waals surface area contributed by atoms with Crippen LogP contribution in [0.4, 0.5) is 0 Å². The van der Waals surface area contributed by atoms with Crippen molar-refractivity contribution in [3.05, 3.63) is 12.2 Å². The molecule has 0 aromatic rings. The number of hydrogen-bond donors (Lipinski definition) is 4. The molecule has 0 heterocycles. The molecular formula is C20H30O5. The first-order chi connectivity index (χ1) is 11.5. The number of carboxylic acid groups (broad SMARTS) is 1. The van der Waals surface area contributed by atoms with Gasteiger partial charge in [-0.2, -0.15) is 0 Å². The molecule has 5 nitrogen and oxygen atoms in total. The van der Waals surface area contributed by atoms with Gasteiger partial charge in [-0.25, -0.2) is 0 Å². The molecule has 8 atom stereocenters. The predicted octanol–water partition coefficient (Wildman–Crippen LogP) is 2.10. The van der Waals surface area contributed by atoms with E-state index in [1.165, 1.54) is 0 Å². The summed E-state index contributed by atoms with van der Waals surface area (Å²) >= 11 is 0. The van der Waals surface area contributed by atoms with Gasteiger partial charge in [0.1, 0.15) is 0 Å². The van der Waals surface area contributed by atoms with Crippen molar-refractivity contribution < 1.29 is 25.2 Å². The van der Waals surface area contributed by atoms with Gasteiger partial charge in [0.15, 0.2) is 0 Å². The topological polar surface area (TPSA) is 98.0 Å². The van der Waals surface area contributed by atoms with Gasteiger partial charge in [0.2, 0.25) is 0 Å². The Morgan fingerprint density at radius 1 is 1.24 bits per heavy atom. The van der Waals surface area contributed by atoms with E-state index in [0.29, 0.717) is 31.3 Å². The zero-order chi connectivity index (χ0) is 18.4. The summed E-state index contributed by atoms with van der Waals surface area (Å²) in [6, 6.07) is 0. The molecule has 140 valence electrons. The first-order valence-electron chi connectivity index (χ1n) is 9.50. The van der Waals surface area contributed by atoms with E-state index in [-0.39, 0.29) is 23.7 Å². The molecule has 4 N–H and O–H groups in total. The zero-order valence-corrected chi connectivity index (χ0v) is 15.2. The third-order valence-electron chi connectivity index (χ3n) is 8.67. The van der Waals surface area contributed by atoms with Crippen molar-refractivity contribution in [3.8, 4) is 0 Å². The highest BCUT2D eigenvalue weighted by molar-refractivity contribution is 5.75. The minimum Gasteiger partial charge on any atom is -0.481 e. The van der Waals surface area contributed by atoms with Crippen molar-refractivity contribution in [1.29, 1.82) is 0 Å². The van der Waals surface area contributed by atoms with Crippen LogP contribution in [0.15, 0.2) is 12.2 Å². The van der Waals surface area contributed by atoms with Crippen LogP contribution in [0, 0.1) is 28.1 Å². The van der Waals surface area contributed by atoms with E-state index in [1.807, 2.05) is 0 Å². The number of aliphatic carboxylic acids is 1. The molecule has 0 radical (unpaired) electrons. The number of carbonyl (C=O) groups is 1. The minimum absolute atomic E-state index is 0.174. The van der Waals surface area contributed by atoms with Gasteiger partial charge in [-0.05, 0) is 61.9 Å². The first-order valence-corrected chi connectivity index (χ1v) is 9.50. The number of carboxylic acids is 1. The van der Waals surface area contributed by atoms with Crippen LogP contribution >= 0.6 is 0 Å². The molecule has 3 unspecified atom stereocenters. The fourth-order valence-corrected chi connectivity index (χ4v) is 7.64. The molecule has 1 spiro atoms. The number of aliphatic hydroxyl groups excluding tert-OH is 2. The summed E-state index contributed by atoms with van der Waals surface area (Å²) in [5.41, 5.74) is -2.18. The van der Waals surface area contributed by atoms with Crippen molar-refractivity contribution in [1.82, 2.24) is 0 Å². The van der Waals surface area contributed by atoms with Crippen LogP contribution in [0.3, 0.4) is 0 Å². The standard InChI is InChI=1S/C20H30O5/c1-11-8-19-10-20(11,25)9-12(21)15(19)17(2)5-4-6-18(3,16(23)24)13(17)7-14(19)22/h12-15,21-22,25H,1,4-10H2,2-3H3,(H,23,24)/t12?,13-,14?,15-,17+,18?,19+,20+/m1/s1. The molecule has 0 amide bonds. The molecule has 0 aromatic heterocycles. The Bertz CT molecular complexity index is 646. The lowest BCUT2D eigenvalue weighted by molar-refractivity contribution is -0.243. The molecule has 0 aromatic carbocycles. The maximum Gasteiger partial charge on any atom is 0.309 e. The van der Waals surface area contributed by atoms with Crippen LogP contribution in [-0.2, 0) is 4.79 Å². The quantitative estimate of drug-likeness (QED) is 0.543. The van der Waals surface area contributed by atoms with Crippen molar-refractivity contribution in [2.75, 3.05) is 0 Å². The van der Waals surface area contributed by atoms with Gasteiger partial charge in [-0.1, -0.05) is 19.9 Å². The summed E-state index contributed by atoms with van der Waals surface area (Å²) in [6.07, 6.45) is 2.47. The van der Waals surface area contributed by atoms with Gasteiger partial charge in [0.25, 0.3) is 0 Å². The van der Waals surface area contributed by atoms with E-state index in [0.717, 1.165) is 12.8 Å². The van der Waals surface area contributed by atoms with Crippen LogP contribution in [0.1, 0.15) is 58.8 Å². The van der Waals surface area contributed by atoms with Gasteiger partial charge < -0.3 is 20.4 Å². The van der Waals surface area contributed by atoms with Crippen molar-refractivity contribution >= 4 is 5.97 Å². The number of fused-ring (bicyclic) bond motifs is 3. The van der Waals surface area contributed by atoms with Gasteiger partial charge in [-0.3, -0.25) is 4.79 Å². The third kappa shape index (κ3) is 1.92. The van der Waals surface area contributed by atoms with E-state index in [2.05, 4.69) is 13.5 Å². The largest absolute Gasteiger partial charge is 0.481 e. The molecule has 5 heteroatoms. The fraction of sp³-hybridized carbons (Fsp3) is 0.850. The highest BCUT2D eigenvalue weighted by Crippen LogP contribution is 2.72. The average Bonchev–Trinajstić information content (AvgIpc) is 2.69. The molecule has 2 bridgehead atoms. The Balaban J connectivity index is 1.85. The second-order valence-corrected chi connectivity index (χ2v) is 9.86. The average molecular weight is 350 g/mol. The Labute approximate surface area is 148 Å². The molecule has 0 saturated heterocycles. The van der Waals surface area contributed by atoms with Crippen LogP contribution in [0.25, 0.3) is 0 Å². The Morgan fingerprint density at radius 3 is 2.56 bits per heavy atom. The monoisotopic (exact) mass is 350 g/mol. The van der Waals surface area contributed by atoms with Crippen LogP contribution < -0.4 is 0 Å². The summed E-state index contributed by atoms with van der Waals surface area (Å²) in [6.45, 7) is 7.96. The van der Waals surface area contributed by atoms with Crippen LogP contribution in [0.2, 0.25) is 0 Å². The highest BCUT2D eigenvalue weighted by Gasteiger charge is 2.72. The molecule has 0 aliphatic heterocycles. The molecule has 25 heavy (non-hydrogen) atoms. The molecule has 4 saturated carbocycles. The lowest BCUT2D eigenvalue weighted by atomic mass is 9.39. The Morgan fingerprint density at radius 2 is 1.92 bits per heavy atom. The smallest absolute Gasteiger partial charge is 0.309 e. The summed E-state index contributed by atoms with van der Waals surface area (Å²) in [7, 11) is 0. The maximum absolute atomic E-state index is 12.1. The van der Waals surface area contributed by atoms with Crippen molar-refractivity contribution in [2.45, 2.75) is 76.6 Å². The van der Waals surface area contributed by atoms with Gasteiger partial charge in [0, 0.05) is 11.8 Å². The van der Waals surface area contributed by atoms with Crippen LogP contribution in [-0.4, -0.2) is 44.2 Å². The SMILES string of the molecule is C=C1C[C@@]23C[C@@]1(O)CC(O)[C@@H]2[C@@]1(C)CCCC(C)(C(=O)O)[C@@H]1CC3O. The summed E-state index contributed by atoms with van der Waals surface area (Å²) in [5.74, 6) is -1.18. The lowest BCUT2D eigenvalue weighted by Gasteiger charge is -2.66. The lowest BCUT2D eigenvalue weighted by Crippen LogP contribution is -2.66. The third-order valence-corrected chi connectivity index (χ3v) is 8.67. The van der Waals surface area contributed by atoms with Crippen molar-refractivity contribution in [3.63, 3.8) is 0 Å². The minimum atomic E-state index is -1.09. The van der Waals surface area contributed by atoms with Gasteiger partial charge in [-0.15, -0.1) is 0 Å². The van der Waals surface area contributed by atoms with Crippen molar-refractivity contribution in [2.24, 2.45) is 28.1 Å². The number of aliphatic hydroxyl groups is 3. The fourth-order valence-electron chi connectivity index (χ4n) is 7.64. The maximum atomic E-state index is 12.1. The number of rotatable bonds is 1. The summed E-state index contributed by atoms with van der Waals surface area (Å²) < 4.78 is 0. The molecule has 4 rings (SSSR count). The van der Waals surface area contributed by atoms with Gasteiger partial charge in [0.05, 0.1) is 23.2 Å². The Hall–Kier alpha value is -0.910. The predicted molar refractivity (Wildman–Crippen MR) is 91.7 cm³/mol. The summed E-state index contributed by atoms with van der Waals surface area (Å²) in [5, 5.41) is 43.0. The first kappa shape index (κ1) is 17.5. The zero-order valence-electron chi connectivity index (χ0n) is 15.2. The Kier molecular flexibility index (Phi) is 3.41. The van der Waals surface area contributed by atoms with E-state index < -0.39 is 34.6 Å². The molecule has 4 aliphatic rings. The molecular weight excluding hydrogens is 320 g/mol. The molecule has 4 fully saturated rings.